The summed E-state index contributed by atoms with van der Waals surface area (Å²) < 4.78 is 32.5. The van der Waals surface area contributed by atoms with Crippen molar-refractivity contribution < 1.29 is 23.1 Å². The standard InChI is InChI=1S/C23H30N4O5S/c1-18(25-9-11-26(12-10-25)20-5-7-21(28)8-6-20)23(29)24-19-3-2-4-22(17-19)33(30,31)27-13-15-32-16-14-27/h2-8,17-18,28H,9-16H2,1H3,(H,24,29)/t18-/m1/s1. The molecule has 178 valence electrons. The molecule has 2 aromatic carbocycles. The zero-order valence-corrected chi connectivity index (χ0v) is 19.5. The first-order chi connectivity index (χ1) is 15.8. The Labute approximate surface area is 194 Å². The molecule has 0 unspecified atom stereocenters. The van der Waals surface area contributed by atoms with Gasteiger partial charge >= 0.3 is 0 Å². The average molecular weight is 475 g/mol. The number of phenols is 1. The molecule has 0 radical (unpaired) electrons. The van der Waals surface area contributed by atoms with E-state index in [0.717, 1.165) is 31.9 Å². The van der Waals surface area contributed by atoms with Gasteiger partial charge in [-0.2, -0.15) is 4.31 Å². The number of nitrogens with zero attached hydrogens (tertiary/aromatic N) is 3. The molecule has 1 atom stereocenters. The number of nitrogens with one attached hydrogen (secondary N) is 1. The highest BCUT2D eigenvalue weighted by atomic mass is 32.2. The lowest BCUT2D eigenvalue weighted by atomic mass is 10.2. The summed E-state index contributed by atoms with van der Waals surface area (Å²) in [5, 5.41) is 12.3. The van der Waals surface area contributed by atoms with Crippen molar-refractivity contribution in [3.8, 4) is 5.75 Å². The van der Waals surface area contributed by atoms with Crippen LogP contribution in [0.4, 0.5) is 11.4 Å². The second kappa shape index (κ2) is 10.1. The Kier molecular flexibility index (Phi) is 7.18. The van der Waals surface area contributed by atoms with E-state index in [1.807, 2.05) is 19.1 Å². The van der Waals surface area contributed by atoms with Crippen LogP contribution < -0.4 is 10.2 Å². The normalized spacial score (nSPS) is 19.2. The minimum Gasteiger partial charge on any atom is -0.508 e. The maximum atomic E-state index is 12.9. The van der Waals surface area contributed by atoms with Gasteiger partial charge in [-0.15, -0.1) is 0 Å². The Morgan fingerprint density at radius 1 is 1.00 bits per heavy atom. The molecule has 0 saturated carbocycles. The van der Waals surface area contributed by atoms with Gasteiger partial charge in [-0.05, 0) is 49.4 Å². The van der Waals surface area contributed by atoms with Gasteiger partial charge in [0.05, 0.1) is 24.2 Å². The number of piperazine rings is 1. The molecular formula is C23H30N4O5S. The van der Waals surface area contributed by atoms with Crippen molar-refractivity contribution in [2.45, 2.75) is 17.9 Å². The van der Waals surface area contributed by atoms with Crippen molar-refractivity contribution in [2.75, 3.05) is 62.7 Å². The van der Waals surface area contributed by atoms with E-state index in [2.05, 4.69) is 15.1 Å². The lowest BCUT2D eigenvalue weighted by Gasteiger charge is -2.38. The van der Waals surface area contributed by atoms with E-state index in [1.54, 1.807) is 30.3 Å². The van der Waals surface area contributed by atoms with E-state index in [0.29, 0.717) is 32.0 Å². The highest BCUT2D eigenvalue weighted by molar-refractivity contribution is 7.89. The predicted molar refractivity (Wildman–Crippen MR) is 126 cm³/mol. The Hall–Kier alpha value is -2.66. The topological polar surface area (TPSA) is 102 Å². The van der Waals surface area contributed by atoms with Crippen LogP contribution in [0.1, 0.15) is 6.92 Å². The largest absolute Gasteiger partial charge is 0.508 e. The molecule has 0 aromatic heterocycles. The fourth-order valence-corrected chi connectivity index (χ4v) is 5.57. The van der Waals surface area contributed by atoms with E-state index in [4.69, 9.17) is 4.74 Å². The third kappa shape index (κ3) is 5.47. The number of amides is 1. The van der Waals surface area contributed by atoms with Crippen LogP contribution in [0.3, 0.4) is 0 Å². The SMILES string of the molecule is C[C@H](C(=O)Nc1cccc(S(=O)(=O)N2CCOCC2)c1)N1CCN(c2ccc(O)cc2)CC1. The Morgan fingerprint density at radius 3 is 2.33 bits per heavy atom. The smallest absolute Gasteiger partial charge is 0.243 e. The number of hydrogen-bond acceptors (Lipinski definition) is 7. The third-order valence-electron chi connectivity index (χ3n) is 6.17. The zero-order valence-electron chi connectivity index (χ0n) is 18.7. The van der Waals surface area contributed by atoms with Crippen molar-refractivity contribution in [1.82, 2.24) is 9.21 Å². The van der Waals surface area contributed by atoms with E-state index >= 15 is 0 Å². The highest BCUT2D eigenvalue weighted by Crippen LogP contribution is 2.22. The first-order valence-corrected chi connectivity index (χ1v) is 12.6. The van der Waals surface area contributed by atoms with Crippen LogP contribution in [0.15, 0.2) is 53.4 Å². The van der Waals surface area contributed by atoms with Gasteiger partial charge < -0.3 is 20.1 Å². The molecule has 2 saturated heterocycles. The molecule has 9 nitrogen and oxygen atoms in total. The molecule has 2 fully saturated rings. The predicted octanol–water partition coefficient (Wildman–Crippen LogP) is 1.56. The Morgan fingerprint density at radius 2 is 1.67 bits per heavy atom. The van der Waals surface area contributed by atoms with Gasteiger partial charge in [0.2, 0.25) is 15.9 Å². The molecular weight excluding hydrogens is 444 g/mol. The molecule has 0 spiro atoms. The molecule has 2 aliphatic rings. The lowest BCUT2D eigenvalue weighted by Crippen LogP contribution is -2.52. The summed E-state index contributed by atoms with van der Waals surface area (Å²) >= 11 is 0. The summed E-state index contributed by atoms with van der Waals surface area (Å²) in [7, 11) is -3.63. The minimum absolute atomic E-state index is 0.164. The van der Waals surface area contributed by atoms with Crippen molar-refractivity contribution in [2.24, 2.45) is 0 Å². The van der Waals surface area contributed by atoms with Crippen LogP contribution in [0.2, 0.25) is 0 Å². The van der Waals surface area contributed by atoms with Gasteiger partial charge in [0, 0.05) is 50.6 Å². The van der Waals surface area contributed by atoms with E-state index < -0.39 is 10.0 Å². The number of phenolic OH excluding ortho intramolecular Hbond substituents is 1. The number of morpholine rings is 1. The number of rotatable bonds is 6. The summed E-state index contributed by atoms with van der Waals surface area (Å²) in [5.41, 5.74) is 1.51. The van der Waals surface area contributed by atoms with Crippen LogP contribution in [-0.4, -0.2) is 87.2 Å². The Balaban J connectivity index is 1.35. The van der Waals surface area contributed by atoms with Gasteiger partial charge in [-0.25, -0.2) is 8.42 Å². The average Bonchev–Trinajstić information content (AvgIpc) is 2.85. The van der Waals surface area contributed by atoms with Crippen molar-refractivity contribution >= 4 is 27.3 Å². The molecule has 33 heavy (non-hydrogen) atoms. The molecule has 2 aromatic rings. The molecule has 2 aliphatic heterocycles. The van der Waals surface area contributed by atoms with E-state index in [1.165, 1.54) is 10.4 Å². The number of benzene rings is 2. The van der Waals surface area contributed by atoms with Gasteiger partial charge in [0.15, 0.2) is 0 Å². The van der Waals surface area contributed by atoms with Crippen LogP contribution in [-0.2, 0) is 19.6 Å². The molecule has 2 N–H and O–H groups in total. The molecule has 0 aliphatic carbocycles. The van der Waals surface area contributed by atoms with Gasteiger partial charge in [-0.3, -0.25) is 9.69 Å². The van der Waals surface area contributed by atoms with Crippen molar-refractivity contribution in [3.05, 3.63) is 48.5 Å². The highest BCUT2D eigenvalue weighted by Gasteiger charge is 2.28. The number of sulfonamides is 1. The molecule has 2 heterocycles. The van der Waals surface area contributed by atoms with Crippen LogP contribution in [0, 0.1) is 0 Å². The summed E-state index contributed by atoms with van der Waals surface area (Å²) in [5.74, 6) is 0.0681. The van der Waals surface area contributed by atoms with Gasteiger partial charge in [0.1, 0.15) is 5.75 Å². The van der Waals surface area contributed by atoms with Gasteiger partial charge in [-0.1, -0.05) is 6.07 Å². The molecule has 4 rings (SSSR count). The number of carbonyl (C=O) groups is 1. The number of anilines is 2. The summed E-state index contributed by atoms with van der Waals surface area (Å²) in [4.78, 5) is 17.4. The summed E-state index contributed by atoms with van der Waals surface area (Å²) in [6.07, 6.45) is 0. The molecule has 1 amide bonds. The second-order valence-corrected chi connectivity index (χ2v) is 10.2. The molecule has 10 heteroatoms. The van der Waals surface area contributed by atoms with Crippen molar-refractivity contribution in [1.29, 1.82) is 0 Å². The zero-order chi connectivity index (χ0) is 23.4. The first kappa shape index (κ1) is 23.5. The Bertz CT molecular complexity index is 1060. The first-order valence-electron chi connectivity index (χ1n) is 11.1. The van der Waals surface area contributed by atoms with E-state index in [9.17, 15) is 18.3 Å². The summed E-state index contributed by atoms with van der Waals surface area (Å²) in [6, 6.07) is 13.2. The fraction of sp³-hybridized carbons (Fsp3) is 0.435. The second-order valence-electron chi connectivity index (χ2n) is 8.25. The maximum absolute atomic E-state index is 12.9. The lowest BCUT2D eigenvalue weighted by molar-refractivity contribution is -0.120. The monoisotopic (exact) mass is 474 g/mol. The van der Waals surface area contributed by atoms with Gasteiger partial charge in [0.25, 0.3) is 0 Å². The minimum atomic E-state index is -3.63. The van der Waals surface area contributed by atoms with Crippen molar-refractivity contribution in [3.63, 3.8) is 0 Å². The number of aromatic hydroxyl groups is 1. The van der Waals surface area contributed by atoms with Crippen LogP contribution >= 0.6 is 0 Å². The fourth-order valence-electron chi connectivity index (χ4n) is 4.11. The third-order valence-corrected chi connectivity index (χ3v) is 8.06. The maximum Gasteiger partial charge on any atom is 0.243 e. The quantitative estimate of drug-likeness (QED) is 0.655. The van der Waals surface area contributed by atoms with E-state index in [-0.39, 0.29) is 22.6 Å². The number of carbonyl (C=O) groups excluding carboxylic acids is 1. The summed E-state index contributed by atoms with van der Waals surface area (Å²) in [6.45, 7) is 6.27. The van der Waals surface area contributed by atoms with Crippen LogP contribution in [0.25, 0.3) is 0 Å². The molecule has 0 bridgehead atoms. The number of ether oxygens (including phenoxy) is 1. The number of hydrogen-bond donors (Lipinski definition) is 2. The van der Waals surface area contributed by atoms with Crippen LogP contribution in [0.5, 0.6) is 5.75 Å².